The van der Waals surface area contributed by atoms with Crippen LogP contribution in [0.1, 0.15) is 43.2 Å². The van der Waals surface area contributed by atoms with Crippen molar-refractivity contribution in [1.82, 2.24) is 15.0 Å². The molecule has 0 saturated carbocycles. The number of fused-ring (bicyclic) bond motifs is 3. The minimum atomic E-state index is -0.290. The Labute approximate surface area is 173 Å². The molecule has 29 heavy (non-hydrogen) atoms. The number of rotatable bonds is 3. The summed E-state index contributed by atoms with van der Waals surface area (Å²) in [7, 11) is 0. The van der Waals surface area contributed by atoms with E-state index in [-0.39, 0.29) is 23.4 Å². The van der Waals surface area contributed by atoms with Gasteiger partial charge in [0.1, 0.15) is 6.54 Å². The van der Waals surface area contributed by atoms with Gasteiger partial charge < -0.3 is 5.32 Å². The van der Waals surface area contributed by atoms with Crippen molar-refractivity contribution >= 4 is 33.1 Å². The number of carbonyl (C=O) groups excluding carboxylic acids is 1. The third-order valence-electron chi connectivity index (χ3n) is 5.79. The second kappa shape index (κ2) is 7.37. The lowest BCUT2D eigenvalue weighted by atomic mass is 9.72. The average Bonchev–Trinajstić information content (AvgIpc) is 3.03. The highest BCUT2D eigenvalue weighted by atomic mass is 32.1. The molecule has 2 aromatic heterocycles. The molecule has 0 radical (unpaired) electrons. The van der Waals surface area contributed by atoms with Crippen molar-refractivity contribution < 1.29 is 4.79 Å². The van der Waals surface area contributed by atoms with Crippen molar-refractivity contribution in [2.24, 2.45) is 11.3 Å². The second-order valence-corrected chi connectivity index (χ2v) is 10.0. The minimum Gasteiger partial charge on any atom is -0.324 e. The quantitative estimate of drug-likeness (QED) is 0.709. The van der Waals surface area contributed by atoms with Gasteiger partial charge in [0.2, 0.25) is 5.91 Å². The molecule has 0 aliphatic heterocycles. The summed E-state index contributed by atoms with van der Waals surface area (Å²) in [6, 6.07) is 7.53. The molecule has 0 spiro atoms. The summed E-state index contributed by atoms with van der Waals surface area (Å²) < 4.78 is 1.18. The van der Waals surface area contributed by atoms with Crippen molar-refractivity contribution in [2.75, 3.05) is 5.32 Å². The maximum atomic E-state index is 13.1. The van der Waals surface area contributed by atoms with Crippen LogP contribution in [0.25, 0.3) is 10.2 Å². The number of amides is 1. The van der Waals surface area contributed by atoms with Gasteiger partial charge in [-0.1, -0.05) is 43.7 Å². The summed E-state index contributed by atoms with van der Waals surface area (Å²) in [6.07, 6.45) is 2.93. The molecule has 0 bridgehead atoms. The molecule has 1 aromatic carbocycles. The van der Waals surface area contributed by atoms with E-state index in [1.165, 1.54) is 9.56 Å². The summed E-state index contributed by atoms with van der Waals surface area (Å²) in [5, 5.41) is 11.7. The first-order chi connectivity index (χ1) is 13.7. The summed E-state index contributed by atoms with van der Waals surface area (Å²) >= 11 is 1.58. The van der Waals surface area contributed by atoms with Gasteiger partial charge in [0.05, 0.1) is 5.39 Å². The highest BCUT2D eigenvalue weighted by Crippen LogP contribution is 2.41. The molecular weight excluding hydrogens is 384 g/mol. The molecule has 1 atom stereocenters. The fraction of sp³-hybridized carbons (Fsp3) is 0.455. The third-order valence-corrected chi connectivity index (χ3v) is 6.93. The van der Waals surface area contributed by atoms with Crippen molar-refractivity contribution in [2.45, 2.75) is 53.5 Å². The second-order valence-electron chi connectivity index (χ2n) is 8.96. The number of nitrogens with one attached hydrogen (secondary N) is 1. The topological polar surface area (TPSA) is 76.9 Å². The molecule has 152 valence electrons. The Morgan fingerprint density at radius 3 is 2.69 bits per heavy atom. The van der Waals surface area contributed by atoms with E-state index in [1.54, 1.807) is 11.3 Å². The Bertz CT molecular complexity index is 1120. The van der Waals surface area contributed by atoms with Gasteiger partial charge in [0, 0.05) is 10.6 Å². The van der Waals surface area contributed by atoms with E-state index in [4.69, 9.17) is 0 Å². The highest BCUT2D eigenvalue weighted by Gasteiger charge is 2.32. The number of nitrogens with zero attached hydrogens (tertiary/aromatic N) is 3. The highest BCUT2D eigenvalue weighted by molar-refractivity contribution is 7.18. The predicted molar refractivity (Wildman–Crippen MR) is 116 cm³/mol. The molecule has 3 aromatic rings. The van der Waals surface area contributed by atoms with Crippen LogP contribution in [-0.2, 0) is 24.2 Å². The number of anilines is 1. The van der Waals surface area contributed by atoms with Crippen LogP contribution in [0.4, 0.5) is 5.69 Å². The first-order valence-corrected chi connectivity index (χ1v) is 10.8. The van der Waals surface area contributed by atoms with Gasteiger partial charge in [-0.2, -0.15) is 0 Å². The van der Waals surface area contributed by atoms with E-state index in [1.807, 2.05) is 31.2 Å². The number of thiophene rings is 1. The van der Waals surface area contributed by atoms with Gasteiger partial charge in [0.15, 0.2) is 4.83 Å². The molecule has 7 heteroatoms. The summed E-state index contributed by atoms with van der Waals surface area (Å²) in [5.41, 5.74) is 2.95. The molecule has 1 aliphatic rings. The molecule has 0 unspecified atom stereocenters. The zero-order chi connectivity index (χ0) is 20.8. The van der Waals surface area contributed by atoms with Crippen LogP contribution in [0.2, 0.25) is 0 Å². The van der Waals surface area contributed by atoms with Crippen LogP contribution in [0.3, 0.4) is 0 Å². The molecular formula is C22H26N4O2S. The Kier molecular flexibility index (Phi) is 5.02. The summed E-state index contributed by atoms with van der Waals surface area (Å²) in [4.78, 5) is 27.4. The largest absolute Gasteiger partial charge is 0.324 e. The van der Waals surface area contributed by atoms with E-state index >= 15 is 0 Å². The Morgan fingerprint density at radius 1 is 1.28 bits per heavy atom. The van der Waals surface area contributed by atoms with Crippen LogP contribution in [0.5, 0.6) is 0 Å². The number of aryl methyl sites for hydroxylation is 2. The minimum absolute atomic E-state index is 0.148. The van der Waals surface area contributed by atoms with Gasteiger partial charge >= 0.3 is 0 Å². The molecule has 0 fully saturated rings. The van der Waals surface area contributed by atoms with Crippen molar-refractivity contribution in [3.8, 4) is 0 Å². The van der Waals surface area contributed by atoms with Gasteiger partial charge in [0.25, 0.3) is 5.56 Å². The van der Waals surface area contributed by atoms with Gasteiger partial charge in [-0.25, -0.2) is 4.68 Å². The van der Waals surface area contributed by atoms with Crippen LogP contribution in [0.15, 0.2) is 29.1 Å². The summed E-state index contributed by atoms with van der Waals surface area (Å²) in [5.74, 6) is 0.306. The smallest absolute Gasteiger partial charge is 0.279 e. The first kappa shape index (κ1) is 19.8. The maximum Gasteiger partial charge on any atom is 0.279 e. The number of aromatic nitrogens is 3. The molecule has 1 aliphatic carbocycles. The number of benzene rings is 1. The SMILES string of the molecule is Cc1ccc(NC(=O)Cn2nnc3sc4c(c3c2=O)CC[C@@H](C(C)(C)C)C4)cc1. The molecule has 4 rings (SSSR count). The summed E-state index contributed by atoms with van der Waals surface area (Å²) in [6.45, 7) is 8.66. The van der Waals surface area contributed by atoms with Crippen molar-refractivity contribution in [3.05, 3.63) is 50.6 Å². The molecule has 6 nitrogen and oxygen atoms in total. The normalized spacial score (nSPS) is 16.6. The van der Waals surface area contributed by atoms with Crippen LogP contribution < -0.4 is 10.9 Å². The first-order valence-electron chi connectivity index (χ1n) is 9.97. The maximum absolute atomic E-state index is 13.1. The molecule has 1 N–H and O–H groups in total. The standard InChI is InChI=1S/C22H26N4O2S/c1-13-5-8-15(9-6-13)23-18(27)12-26-21(28)19-16-10-7-14(22(2,3)4)11-17(16)29-20(19)24-25-26/h5-6,8-9,14H,7,10-12H2,1-4H3,(H,23,27)/t14-/m1/s1. The monoisotopic (exact) mass is 410 g/mol. The fourth-order valence-corrected chi connectivity index (χ4v) is 5.18. The van der Waals surface area contributed by atoms with Gasteiger partial charge in [-0.15, -0.1) is 16.4 Å². The van der Waals surface area contributed by atoms with Crippen LogP contribution >= 0.6 is 11.3 Å². The van der Waals surface area contributed by atoms with E-state index in [0.717, 1.165) is 30.4 Å². The van der Waals surface area contributed by atoms with Crippen molar-refractivity contribution in [3.63, 3.8) is 0 Å². The fourth-order valence-electron chi connectivity index (χ4n) is 3.94. The number of hydrogen-bond donors (Lipinski definition) is 1. The Morgan fingerprint density at radius 2 is 2.00 bits per heavy atom. The molecule has 1 amide bonds. The molecule has 0 saturated heterocycles. The Balaban J connectivity index is 1.59. The van der Waals surface area contributed by atoms with E-state index < -0.39 is 0 Å². The lowest BCUT2D eigenvalue weighted by Gasteiger charge is -2.33. The van der Waals surface area contributed by atoms with Crippen LogP contribution in [0, 0.1) is 18.3 Å². The zero-order valence-electron chi connectivity index (χ0n) is 17.3. The van der Waals surface area contributed by atoms with Gasteiger partial charge in [-0.05, 0) is 55.2 Å². The van der Waals surface area contributed by atoms with E-state index in [2.05, 4.69) is 36.4 Å². The average molecular weight is 411 g/mol. The number of hydrogen-bond acceptors (Lipinski definition) is 5. The molecule has 2 heterocycles. The third kappa shape index (κ3) is 3.96. The lowest BCUT2D eigenvalue weighted by Crippen LogP contribution is -2.31. The van der Waals surface area contributed by atoms with Crippen LogP contribution in [-0.4, -0.2) is 20.9 Å². The van der Waals surface area contributed by atoms with E-state index in [0.29, 0.717) is 21.8 Å². The van der Waals surface area contributed by atoms with Gasteiger partial charge in [-0.3, -0.25) is 9.59 Å². The predicted octanol–water partition coefficient (Wildman–Crippen LogP) is 3.95. The van der Waals surface area contributed by atoms with Crippen molar-refractivity contribution in [1.29, 1.82) is 0 Å². The van der Waals surface area contributed by atoms with E-state index in [9.17, 15) is 9.59 Å². The number of carbonyl (C=O) groups is 1. The lowest BCUT2D eigenvalue weighted by molar-refractivity contribution is -0.117. The Hall–Kier alpha value is -2.54. The zero-order valence-corrected chi connectivity index (χ0v) is 18.1.